The lowest BCUT2D eigenvalue weighted by Crippen LogP contribution is -2.27. The summed E-state index contributed by atoms with van der Waals surface area (Å²) in [6.07, 6.45) is 3.97. The second-order valence-electron chi connectivity index (χ2n) is 4.62. The minimum absolute atomic E-state index is 0.0383. The molecular weight excluding hydrogens is 282 g/mol. The number of nitro groups is 1. The number of hydrogen-bond donors (Lipinski definition) is 2. The summed E-state index contributed by atoms with van der Waals surface area (Å²) in [6, 6.07) is 0.329. The third-order valence-electron chi connectivity index (χ3n) is 3.00. The molecule has 0 radical (unpaired) electrons. The van der Waals surface area contributed by atoms with Crippen LogP contribution in [-0.4, -0.2) is 32.8 Å². The summed E-state index contributed by atoms with van der Waals surface area (Å²) < 4.78 is 1.43. The molecule has 0 aliphatic heterocycles. The summed E-state index contributed by atoms with van der Waals surface area (Å²) in [5.74, 6) is 0.0774. The molecule has 8 nitrogen and oxygen atoms in total. The van der Waals surface area contributed by atoms with Crippen LogP contribution in [-0.2, 0) is 4.79 Å². The normalized spacial score (nSPS) is 14.4. The molecule has 2 N–H and O–H groups in total. The Morgan fingerprint density at radius 2 is 2.40 bits per heavy atom. The van der Waals surface area contributed by atoms with Crippen molar-refractivity contribution in [3.8, 4) is 0 Å². The lowest BCUT2D eigenvalue weighted by Gasteiger charge is -2.04. The van der Waals surface area contributed by atoms with Crippen molar-refractivity contribution in [3.05, 3.63) is 21.7 Å². The zero-order valence-corrected chi connectivity index (χ0v) is 11.4. The van der Waals surface area contributed by atoms with E-state index in [1.165, 1.54) is 15.7 Å². The molecule has 1 fully saturated rings. The Balaban J connectivity index is 1.64. The standard InChI is InChI=1S/C11H13N5O3S/c17-8(13-7-1-2-7)3-4-12-9-10(16(18)19)15-5-6-20-11(15)14-9/h5-7,12H,1-4H2,(H,13,17). The quantitative estimate of drug-likeness (QED) is 0.619. The first kappa shape index (κ1) is 12.9. The fraction of sp³-hybridized carbons (Fsp3) is 0.455. The van der Waals surface area contributed by atoms with Crippen LogP contribution >= 0.6 is 11.3 Å². The number of nitrogens with zero attached hydrogens (tertiary/aromatic N) is 3. The molecule has 0 aromatic carbocycles. The molecule has 106 valence electrons. The average molecular weight is 295 g/mol. The molecule has 2 aromatic heterocycles. The fourth-order valence-corrected chi connectivity index (χ4v) is 2.60. The van der Waals surface area contributed by atoms with Gasteiger partial charge in [0.15, 0.2) is 0 Å². The van der Waals surface area contributed by atoms with Gasteiger partial charge in [0, 0.05) is 24.4 Å². The Hall–Kier alpha value is -2.16. The van der Waals surface area contributed by atoms with Gasteiger partial charge < -0.3 is 20.7 Å². The van der Waals surface area contributed by atoms with E-state index in [-0.39, 0.29) is 24.0 Å². The molecule has 3 rings (SSSR count). The molecule has 1 aliphatic rings. The Morgan fingerprint density at radius 3 is 3.10 bits per heavy atom. The maximum Gasteiger partial charge on any atom is 0.372 e. The Bertz CT molecular complexity index is 660. The average Bonchev–Trinajstić information content (AvgIpc) is 2.95. The van der Waals surface area contributed by atoms with E-state index in [2.05, 4.69) is 15.6 Å². The monoisotopic (exact) mass is 295 g/mol. The van der Waals surface area contributed by atoms with Gasteiger partial charge in [0.25, 0.3) is 4.96 Å². The number of hydrogen-bond acceptors (Lipinski definition) is 6. The summed E-state index contributed by atoms with van der Waals surface area (Å²) in [6.45, 7) is 0.324. The largest absolute Gasteiger partial charge is 0.372 e. The molecule has 9 heteroatoms. The van der Waals surface area contributed by atoms with Gasteiger partial charge in [0.2, 0.25) is 11.7 Å². The molecule has 1 amide bonds. The summed E-state index contributed by atoms with van der Waals surface area (Å²) in [5, 5.41) is 18.5. The van der Waals surface area contributed by atoms with Crippen LogP contribution in [0.25, 0.3) is 4.96 Å². The van der Waals surface area contributed by atoms with Gasteiger partial charge >= 0.3 is 5.82 Å². The van der Waals surface area contributed by atoms with E-state index in [0.717, 1.165) is 12.8 Å². The Morgan fingerprint density at radius 1 is 1.60 bits per heavy atom. The lowest BCUT2D eigenvalue weighted by molar-refractivity contribution is -0.389. The minimum Gasteiger partial charge on any atom is -0.362 e. The SMILES string of the molecule is O=C(CCNc1nc2sccn2c1[N+](=O)[O-])NC1CC1. The summed E-state index contributed by atoms with van der Waals surface area (Å²) in [7, 11) is 0. The van der Waals surface area contributed by atoms with Gasteiger partial charge in [0.1, 0.15) is 6.20 Å². The van der Waals surface area contributed by atoms with Crippen LogP contribution in [0, 0.1) is 10.1 Å². The highest BCUT2D eigenvalue weighted by Gasteiger charge is 2.24. The smallest absolute Gasteiger partial charge is 0.362 e. The van der Waals surface area contributed by atoms with Crippen molar-refractivity contribution in [2.45, 2.75) is 25.3 Å². The molecule has 2 aromatic rings. The highest BCUT2D eigenvalue weighted by Crippen LogP contribution is 2.27. The minimum atomic E-state index is -0.473. The first-order valence-electron chi connectivity index (χ1n) is 6.28. The number of fused-ring (bicyclic) bond motifs is 1. The van der Waals surface area contributed by atoms with Crippen molar-refractivity contribution in [3.63, 3.8) is 0 Å². The molecule has 1 saturated carbocycles. The van der Waals surface area contributed by atoms with Crippen LogP contribution in [0.3, 0.4) is 0 Å². The maximum absolute atomic E-state index is 11.5. The maximum atomic E-state index is 11.5. The van der Waals surface area contributed by atoms with Crippen LogP contribution in [0.4, 0.5) is 11.6 Å². The molecule has 2 heterocycles. The zero-order valence-electron chi connectivity index (χ0n) is 10.5. The predicted molar refractivity (Wildman–Crippen MR) is 74.0 cm³/mol. The van der Waals surface area contributed by atoms with E-state index in [1.807, 2.05) is 0 Å². The van der Waals surface area contributed by atoms with Gasteiger partial charge in [-0.3, -0.25) is 4.79 Å². The van der Waals surface area contributed by atoms with Crippen LogP contribution < -0.4 is 10.6 Å². The number of amides is 1. The van der Waals surface area contributed by atoms with Crippen molar-refractivity contribution in [2.24, 2.45) is 0 Å². The third kappa shape index (κ3) is 2.57. The van der Waals surface area contributed by atoms with Gasteiger partial charge in [-0.05, 0) is 17.8 Å². The Labute approximate surface area is 118 Å². The molecule has 1 aliphatic carbocycles. The van der Waals surface area contributed by atoms with E-state index in [0.29, 0.717) is 17.5 Å². The van der Waals surface area contributed by atoms with E-state index in [4.69, 9.17) is 0 Å². The van der Waals surface area contributed by atoms with Crippen molar-refractivity contribution < 1.29 is 9.72 Å². The van der Waals surface area contributed by atoms with Gasteiger partial charge in [-0.15, -0.1) is 0 Å². The molecule has 20 heavy (non-hydrogen) atoms. The van der Waals surface area contributed by atoms with E-state index < -0.39 is 4.92 Å². The molecule has 0 bridgehead atoms. The van der Waals surface area contributed by atoms with Crippen molar-refractivity contribution in [1.82, 2.24) is 14.7 Å². The summed E-state index contributed by atoms with van der Waals surface area (Å²) in [4.78, 5) is 26.8. The lowest BCUT2D eigenvalue weighted by atomic mass is 10.4. The highest BCUT2D eigenvalue weighted by atomic mass is 32.1. The van der Waals surface area contributed by atoms with Crippen molar-refractivity contribution >= 4 is 33.8 Å². The molecule has 0 unspecified atom stereocenters. The molecule has 0 atom stereocenters. The number of carbonyl (C=O) groups is 1. The van der Waals surface area contributed by atoms with Crippen LogP contribution in [0.1, 0.15) is 19.3 Å². The number of anilines is 1. The van der Waals surface area contributed by atoms with E-state index in [9.17, 15) is 14.9 Å². The summed E-state index contributed by atoms with van der Waals surface area (Å²) >= 11 is 1.32. The molecule has 0 saturated heterocycles. The number of imidazole rings is 1. The second kappa shape index (κ2) is 5.08. The molecular formula is C11H13N5O3S. The second-order valence-corrected chi connectivity index (χ2v) is 5.49. The first-order chi connectivity index (χ1) is 9.65. The number of nitrogens with one attached hydrogen (secondary N) is 2. The number of thiazole rings is 1. The van der Waals surface area contributed by atoms with Crippen LogP contribution in [0.2, 0.25) is 0 Å². The van der Waals surface area contributed by atoms with Gasteiger partial charge in [-0.1, -0.05) is 11.3 Å². The third-order valence-corrected chi connectivity index (χ3v) is 3.75. The van der Waals surface area contributed by atoms with Crippen molar-refractivity contribution in [1.29, 1.82) is 0 Å². The van der Waals surface area contributed by atoms with E-state index in [1.54, 1.807) is 11.6 Å². The molecule has 0 spiro atoms. The van der Waals surface area contributed by atoms with Gasteiger partial charge in [0.05, 0.1) is 0 Å². The van der Waals surface area contributed by atoms with Crippen LogP contribution in [0.15, 0.2) is 11.6 Å². The van der Waals surface area contributed by atoms with E-state index >= 15 is 0 Å². The first-order valence-corrected chi connectivity index (χ1v) is 7.16. The number of rotatable bonds is 6. The van der Waals surface area contributed by atoms with Crippen LogP contribution in [0.5, 0.6) is 0 Å². The Kier molecular flexibility index (Phi) is 3.26. The fourth-order valence-electron chi connectivity index (χ4n) is 1.89. The topological polar surface area (TPSA) is 102 Å². The summed E-state index contributed by atoms with van der Waals surface area (Å²) in [5.41, 5.74) is 0. The van der Waals surface area contributed by atoms with Crippen molar-refractivity contribution in [2.75, 3.05) is 11.9 Å². The van der Waals surface area contributed by atoms with Gasteiger partial charge in [-0.25, -0.2) is 0 Å². The zero-order chi connectivity index (χ0) is 14.1. The predicted octanol–water partition coefficient (Wildman–Crippen LogP) is 1.38. The number of aromatic nitrogens is 2. The number of carbonyl (C=O) groups excluding carboxylic acids is 1. The highest BCUT2D eigenvalue weighted by molar-refractivity contribution is 7.15. The van der Waals surface area contributed by atoms with Gasteiger partial charge in [-0.2, -0.15) is 9.38 Å².